The molecule has 0 radical (unpaired) electrons. The summed E-state index contributed by atoms with van der Waals surface area (Å²) in [4.78, 5) is 1.95. The van der Waals surface area contributed by atoms with Gasteiger partial charge in [0.1, 0.15) is 0 Å². The highest BCUT2D eigenvalue weighted by Gasteiger charge is 2.21. The summed E-state index contributed by atoms with van der Waals surface area (Å²) in [5.74, 6) is 0. The first-order valence-corrected chi connectivity index (χ1v) is 17.7. The lowest BCUT2D eigenvalue weighted by Crippen LogP contribution is -1.91. The highest BCUT2D eigenvalue weighted by molar-refractivity contribution is 7.80. The van der Waals surface area contributed by atoms with Gasteiger partial charge in [0.25, 0.3) is 0 Å². The number of benzene rings is 8. The van der Waals surface area contributed by atoms with E-state index in [1.165, 1.54) is 79.9 Å². The van der Waals surface area contributed by atoms with Crippen LogP contribution in [-0.4, -0.2) is 0 Å². The fourth-order valence-electron chi connectivity index (χ4n) is 6.77. The standard InChI is InChI=1S/C20H10S2.C20H14S2.C2H6/c1-3-11-7-9-16-19-17(11)13(5-1)21-15-10-8-12-4-2-6-14(22-16)18(12)20(15)19;21-17-11-9-13-5-1-3-7-15(13)19(17)20-16-8-4-2-6-14(16)10-12-18(20)22;1-2/h1-10H;1-12,21-22H;1-2H3/i;;1T2. The Morgan fingerprint density at radius 2 is 0.804 bits per heavy atom. The molecular formula is C42H30S4. The van der Waals surface area contributed by atoms with E-state index in [1.54, 1.807) is 0 Å². The van der Waals surface area contributed by atoms with E-state index >= 15 is 0 Å². The van der Waals surface area contributed by atoms with E-state index in [0.29, 0.717) is 0 Å². The monoisotopic (exact) mass is 666 g/mol. The van der Waals surface area contributed by atoms with Crippen molar-refractivity contribution >= 4 is 110 Å². The molecule has 222 valence electrons. The summed E-state index contributed by atoms with van der Waals surface area (Å²) in [6, 6.07) is 47.6. The smallest absolute Gasteiger partial charge is 0.0362 e. The highest BCUT2D eigenvalue weighted by Crippen LogP contribution is 2.51. The topological polar surface area (TPSA) is 0 Å². The minimum atomic E-state index is -0.667. The number of hydrogen-bond donors (Lipinski definition) is 2. The van der Waals surface area contributed by atoms with Gasteiger partial charge in [-0.15, -0.1) is 47.9 Å². The molecule has 0 nitrogen and oxygen atoms in total. The minimum absolute atomic E-state index is 0.667. The van der Waals surface area contributed by atoms with E-state index in [2.05, 4.69) is 133 Å². The molecule has 0 saturated heterocycles. The van der Waals surface area contributed by atoms with Gasteiger partial charge in [-0.05, 0) is 68.7 Å². The van der Waals surface area contributed by atoms with Crippen LogP contribution in [0.25, 0.3) is 84.1 Å². The van der Waals surface area contributed by atoms with Crippen LogP contribution in [0.15, 0.2) is 143 Å². The van der Waals surface area contributed by atoms with Crippen LogP contribution in [0.4, 0.5) is 0 Å². The molecule has 8 aromatic carbocycles. The van der Waals surface area contributed by atoms with E-state index in [-0.39, 0.29) is 0 Å². The van der Waals surface area contributed by atoms with Crippen molar-refractivity contribution in [2.24, 2.45) is 0 Å². The summed E-state index contributed by atoms with van der Waals surface area (Å²) in [6.07, 6.45) is 0. The fourth-order valence-corrected chi connectivity index (χ4v) is 9.68. The molecule has 0 saturated carbocycles. The Bertz CT molecular complexity index is 2520. The van der Waals surface area contributed by atoms with E-state index in [1.807, 2.05) is 22.7 Å². The van der Waals surface area contributed by atoms with Crippen molar-refractivity contribution in [3.63, 3.8) is 0 Å². The Kier molecular flexibility index (Phi) is 7.03. The first-order valence-electron chi connectivity index (χ1n) is 16.3. The molecule has 0 atom stereocenters. The van der Waals surface area contributed by atoms with Crippen molar-refractivity contribution in [2.75, 3.05) is 0 Å². The predicted octanol–water partition coefficient (Wildman–Crippen LogP) is 14.2. The molecule has 0 fully saturated rings. The summed E-state index contributed by atoms with van der Waals surface area (Å²) >= 11 is 13.3. The Morgan fingerprint density at radius 3 is 1.26 bits per heavy atom. The first-order chi connectivity index (χ1) is 23.4. The molecule has 4 heteroatoms. The zero-order valence-electron chi connectivity index (χ0n) is 27.0. The van der Waals surface area contributed by atoms with Crippen molar-refractivity contribution in [3.8, 4) is 22.3 Å². The van der Waals surface area contributed by atoms with Crippen LogP contribution in [0, 0.1) is 0 Å². The second-order valence-corrected chi connectivity index (χ2v) is 14.3. The lowest BCUT2D eigenvalue weighted by molar-refractivity contribution is 1.44. The van der Waals surface area contributed by atoms with Gasteiger partial charge in [-0.25, -0.2) is 0 Å². The summed E-state index contributed by atoms with van der Waals surface area (Å²) in [6.45, 7) is 0.833. The maximum atomic E-state index is 6.25. The van der Waals surface area contributed by atoms with Gasteiger partial charge in [-0.2, -0.15) is 0 Å². The van der Waals surface area contributed by atoms with Crippen LogP contribution in [0.1, 0.15) is 16.5 Å². The Morgan fingerprint density at radius 1 is 0.413 bits per heavy atom. The second kappa shape index (κ2) is 11.9. The van der Waals surface area contributed by atoms with Gasteiger partial charge in [0.2, 0.25) is 0 Å². The number of fused-ring (bicyclic) bond motifs is 2. The molecule has 2 aliphatic rings. The number of hydrogen-bond acceptors (Lipinski definition) is 4. The average molecular weight is 667 g/mol. The first kappa shape index (κ1) is 27.1. The highest BCUT2D eigenvalue weighted by atomic mass is 32.1. The third-order valence-corrected chi connectivity index (χ3v) is 11.7. The number of rotatable bonds is 1. The van der Waals surface area contributed by atoms with Crippen molar-refractivity contribution in [3.05, 3.63) is 133 Å². The van der Waals surface area contributed by atoms with Gasteiger partial charge >= 0.3 is 0 Å². The van der Waals surface area contributed by atoms with Crippen LogP contribution in [0.5, 0.6) is 0 Å². The lowest BCUT2D eigenvalue weighted by Gasteiger charge is -2.20. The van der Waals surface area contributed by atoms with E-state index < -0.39 is 6.88 Å². The second-order valence-electron chi connectivity index (χ2n) is 11.2. The van der Waals surface area contributed by atoms with E-state index in [9.17, 15) is 0 Å². The van der Waals surface area contributed by atoms with Crippen molar-refractivity contribution in [1.29, 1.82) is 0 Å². The van der Waals surface area contributed by atoms with Gasteiger partial charge in [0.05, 0.1) is 0 Å². The Balaban J connectivity index is 0.000000126. The SMILES string of the molecule is Sc1ccc2ccccc2c1-c1c(S)ccc2ccccc12.[3H]C([3H])C.c1cc2ccc3sc4cccc5ccc6sc(c1)c2c3-c6c54. The van der Waals surface area contributed by atoms with Crippen molar-refractivity contribution in [2.45, 2.75) is 23.6 Å². The molecule has 0 spiro atoms. The van der Waals surface area contributed by atoms with Crippen LogP contribution >= 0.6 is 47.9 Å². The van der Waals surface area contributed by atoms with E-state index in [4.69, 9.17) is 28.0 Å². The van der Waals surface area contributed by atoms with Gasteiger partial charge < -0.3 is 0 Å². The molecular weight excluding hydrogens is 633 g/mol. The van der Waals surface area contributed by atoms with Gasteiger partial charge in [0.15, 0.2) is 0 Å². The molecule has 0 amide bonds. The molecule has 0 aliphatic carbocycles. The third kappa shape index (κ3) is 4.66. The maximum Gasteiger partial charge on any atom is 0.0362 e. The molecule has 0 unspecified atom stereocenters. The van der Waals surface area contributed by atoms with Gasteiger partial charge in [0, 0.05) is 64.4 Å². The van der Waals surface area contributed by atoms with Crippen LogP contribution < -0.4 is 0 Å². The normalized spacial score (nSPS) is 12.2. The Labute approximate surface area is 290 Å². The average Bonchev–Trinajstić information content (AvgIpc) is 3.10. The minimum Gasteiger partial charge on any atom is -0.143 e. The molecule has 2 aliphatic heterocycles. The van der Waals surface area contributed by atoms with Crippen molar-refractivity contribution in [1.82, 2.24) is 0 Å². The summed E-state index contributed by atoms with van der Waals surface area (Å²) in [5.41, 5.74) is 5.22. The lowest BCUT2D eigenvalue weighted by atomic mass is 9.93. The van der Waals surface area contributed by atoms with Crippen molar-refractivity contribution < 1.29 is 2.74 Å². The predicted molar refractivity (Wildman–Crippen MR) is 213 cm³/mol. The molecule has 2 heterocycles. The molecule has 10 rings (SSSR count). The van der Waals surface area contributed by atoms with Crippen LogP contribution in [0.2, 0.25) is 0 Å². The van der Waals surface area contributed by atoms with Gasteiger partial charge in [-0.1, -0.05) is 111 Å². The zero-order valence-corrected chi connectivity index (χ0v) is 28.4. The Hall–Kier alpha value is -4.06. The van der Waals surface area contributed by atoms with Crippen LogP contribution in [-0.2, 0) is 0 Å². The molecule has 0 aromatic heterocycles. The zero-order chi connectivity index (χ0) is 32.9. The third-order valence-electron chi connectivity index (χ3n) is 8.69. The molecule has 0 bridgehead atoms. The molecule has 8 aromatic rings. The quantitative estimate of drug-likeness (QED) is 0.0972. The summed E-state index contributed by atoms with van der Waals surface area (Å²) < 4.78 is 18.1. The largest absolute Gasteiger partial charge is 0.143 e. The number of thiol groups is 2. The van der Waals surface area contributed by atoms with Crippen LogP contribution in [0.3, 0.4) is 0 Å². The molecule has 0 N–H and O–H groups in total. The maximum absolute atomic E-state index is 6.25. The van der Waals surface area contributed by atoms with Gasteiger partial charge in [-0.3, -0.25) is 0 Å². The van der Waals surface area contributed by atoms with E-state index in [0.717, 1.165) is 20.9 Å². The summed E-state index contributed by atoms with van der Waals surface area (Å²) in [5, 5.41) is 10.4. The molecule has 46 heavy (non-hydrogen) atoms. The summed E-state index contributed by atoms with van der Waals surface area (Å²) in [7, 11) is 0. The fraction of sp³-hybridized carbons (Fsp3) is 0.0476.